The van der Waals surface area contributed by atoms with Crippen LogP contribution in [-0.2, 0) is 0 Å². The lowest BCUT2D eigenvalue weighted by Gasteiger charge is -2.44. The van der Waals surface area contributed by atoms with Gasteiger partial charge in [0, 0.05) is 30.6 Å². The van der Waals surface area contributed by atoms with Crippen molar-refractivity contribution in [2.24, 2.45) is 10.7 Å². The van der Waals surface area contributed by atoms with Crippen molar-refractivity contribution in [3.63, 3.8) is 0 Å². The summed E-state index contributed by atoms with van der Waals surface area (Å²) in [5.74, 6) is -0.0585. The van der Waals surface area contributed by atoms with Crippen molar-refractivity contribution in [1.82, 2.24) is 4.90 Å². The Bertz CT molecular complexity index is 986. The van der Waals surface area contributed by atoms with Crippen molar-refractivity contribution in [3.05, 3.63) is 64.5 Å². The van der Waals surface area contributed by atoms with Crippen molar-refractivity contribution >= 4 is 17.4 Å². The second kappa shape index (κ2) is 5.06. The van der Waals surface area contributed by atoms with Crippen LogP contribution < -0.4 is 11.1 Å². The fraction of sp³-hybridized carbons (Fsp3) is 0.300. The summed E-state index contributed by atoms with van der Waals surface area (Å²) in [4.78, 5) is 19.4. The van der Waals surface area contributed by atoms with Gasteiger partial charge in [0.2, 0.25) is 0 Å². The third-order valence-corrected chi connectivity index (χ3v) is 5.78. The summed E-state index contributed by atoms with van der Waals surface area (Å²) in [6.45, 7) is 2.56. The van der Waals surface area contributed by atoms with Crippen LogP contribution in [0.3, 0.4) is 0 Å². The zero-order valence-electron chi connectivity index (χ0n) is 14.4. The van der Waals surface area contributed by atoms with E-state index in [0.717, 1.165) is 16.7 Å². The highest BCUT2D eigenvalue weighted by molar-refractivity contribution is 6.04. The summed E-state index contributed by atoms with van der Waals surface area (Å²) in [5.41, 5.74) is 9.38. The minimum Gasteiger partial charge on any atom is -0.383 e. The van der Waals surface area contributed by atoms with Gasteiger partial charge in [0.1, 0.15) is 17.3 Å². The van der Waals surface area contributed by atoms with Gasteiger partial charge in [-0.05, 0) is 30.2 Å². The van der Waals surface area contributed by atoms with Crippen LogP contribution >= 0.6 is 0 Å². The van der Waals surface area contributed by atoms with Crippen LogP contribution in [0.25, 0.3) is 0 Å². The van der Waals surface area contributed by atoms with Crippen LogP contribution in [0, 0.1) is 12.7 Å². The van der Waals surface area contributed by atoms with Gasteiger partial charge in [-0.1, -0.05) is 24.3 Å². The topological polar surface area (TPSA) is 70.7 Å². The number of anilines is 1. The maximum Gasteiger partial charge on any atom is 0.255 e. The van der Waals surface area contributed by atoms with Crippen molar-refractivity contribution in [1.29, 1.82) is 0 Å². The Morgan fingerprint density at radius 1 is 1.27 bits per heavy atom. The molecule has 6 heteroatoms. The van der Waals surface area contributed by atoms with Gasteiger partial charge in [0.15, 0.2) is 0 Å². The molecule has 26 heavy (non-hydrogen) atoms. The lowest BCUT2D eigenvalue weighted by Crippen LogP contribution is -2.51. The Kier molecular flexibility index (Phi) is 2.99. The number of carbonyl (C=O) groups is 1. The Balaban J connectivity index is 1.57. The first-order valence-corrected chi connectivity index (χ1v) is 8.82. The summed E-state index contributed by atoms with van der Waals surface area (Å²) in [6.07, 6.45) is 1.25. The normalized spacial score (nSPS) is 26.1. The molecular formula is C20H19FN4O. The van der Waals surface area contributed by atoms with Crippen LogP contribution in [0.15, 0.2) is 41.4 Å². The second-order valence-electron chi connectivity index (χ2n) is 7.32. The van der Waals surface area contributed by atoms with E-state index >= 15 is 0 Å². The smallest absolute Gasteiger partial charge is 0.255 e. The predicted octanol–water partition coefficient (Wildman–Crippen LogP) is 2.95. The maximum atomic E-state index is 14.1. The average Bonchev–Trinajstić information content (AvgIpc) is 2.87. The quantitative estimate of drug-likeness (QED) is 0.767. The van der Waals surface area contributed by atoms with E-state index in [1.807, 2.05) is 36.1 Å². The lowest BCUT2D eigenvalue weighted by molar-refractivity contribution is 0.0605. The van der Waals surface area contributed by atoms with Crippen LogP contribution in [0.5, 0.6) is 0 Å². The van der Waals surface area contributed by atoms with E-state index in [9.17, 15) is 9.18 Å². The van der Waals surface area contributed by atoms with Crippen LogP contribution in [-0.4, -0.2) is 28.9 Å². The zero-order chi connectivity index (χ0) is 18.1. The molecule has 3 aliphatic rings. The summed E-state index contributed by atoms with van der Waals surface area (Å²) in [5, 5.41) is 3.41. The molecule has 1 saturated heterocycles. The van der Waals surface area contributed by atoms with Gasteiger partial charge in [-0.25, -0.2) is 9.38 Å². The van der Waals surface area contributed by atoms with E-state index in [-0.39, 0.29) is 23.6 Å². The van der Waals surface area contributed by atoms with Gasteiger partial charge in [0.05, 0.1) is 11.6 Å². The van der Waals surface area contributed by atoms with Gasteiger partial charge in [0.25, 0.3) is 5.91 Å². The molecule has 0 aromatic heterocycles. The number of amides is 1. The Hall–Kier alpha value is -2.89. The molecule has 3 heterocycles. The Morgan fingerprint density at radius 3 is 2.92 bits per heavy atom. The number of benzene rings is 2. The third-order valence-electron chi connectivity index (χ3n) is 5.78. The number of nitrogens with zero attached hydrogens (tertiary/aromatic N) is 2. The largest absolute Gasteiger partial charge is 0.383 e. The number of fused-ring (bicyclic) bond motifs is 4. The first kappa shape index (κ1) is 15.4. The fourth-order valence-corrected chi connectivity index (χ4v) is 4.59. The van der Waals surface area contributed by atoms with Crippen molar-refractivity contribution in [2.45, 2.75) is 31.5 Å². The molecule has 0 unspecified atom stereocenters. The molecule has 0 aliphatic carbocycles. The van der Waals surface area contributed by atoms with Crippen LogP contribution in [0.2, 0.25) is 0 Å². The summed E-state index contributed by atoms with van der Waals surface area (Å²) in [6, 6.07) is 10.8. The molecule has 3 aliphatic heterocycles. The molecule has 2 atom stereocenters. The molecule has 1 spiro atoms. The van der Waals surface area contributed by atoms with Crippen LogP contribution in [0.1, 0.15) is 45.9 Å². The van der Waals surface area contributed by atoms with E-state index in [1.54, 1.807) is 6.07 Å². The molecule has 3 N–H and O–H groups in total. The maximum absolute atomic E-state index is 14.1. The van der Waals surface area contributed by atoms with Crippen molar-refractivity contribution in [2.75, 3.05) is 11.9 Å². The highest BCUT2D eigenvalue weighted by Gasteiger charge is 2.48. The molecule has 5 rings (SSSR count). The molecule has 5 nitrogen and oxygen atoms in total. The summed E-state index contributed by atoms with van der Waals surface area (Å²) < 4.78 is 14.1. The van der Waals surface area contributed by atoms with Gasteiger partial charge in [-0.2, -0.15) is 0 Å². The van der Waals surface area contributed by atoms with Crippen molar-refractivity contribution in [3.8, 4) is 0 Å². The first-order valence-electron chi connectivity index (χ1n) is 8.82. The molecule has 1 fully saturated rings. The van der Waals surface area contributed by atoms with Gasteiger partial charge in [-0.3, -0.25) is 4.79 Å². The van der Waals surface area contributed by atoms with Crippen LogP contribution in [0.4, 0.5) is 10.1 Å². The Morgan fingerprint density at radius 2 is 2.08 bits per heavy atom. The predicted molar refractivity (Wildman–Crippen MR) is 97.7 cm³/mol. The van der Waals surface area contributed by atoms with Gasteiger partial charge >= 0.3 is 0 Å². The monoisotopic (exact) mass is 350 g/mol. The molecular weight excluding hydrogens is 331 g/mol. The van der Waals surface area contributed by atoms with E-state index in [0.29, 0.717) is 30.6 Å². The number of nitrogens with two attached hydrogens (primary N) is 1. The Labute approximate surface area is 150 Å². The van der Waals surface area contributed by atoms with E-state index in [1.165, 1.54) is 6.07 Å². The number of aryl methyl sites for hydroxylation is 1. The molecule has 0 bridgehead atoms. The highest BCUT2D eigenvalue weighted by Crippen LogP contribution is 2.47. The summed E-state index contributed by atoms with van der Waals surface area (Å²) in [7, 11) is 0. The highest BCUT2D eigenvalue weighted by atomic mass is 19.1. The second-order valence-corrected chi connectivity index (χ2v) is 7.32. The van der Waals surface area contributed by atoms with Crippen molar-refractivity contribution < 1.29 is 9.18 Å². The van der Waals surface area contributed by atoms with E-state index in [2.05, 4.69) is 10.3 Å². The molecule has 2 aromatic rings. The van der Waals surface area contributed by atoms with E-state index in [4.69, 9.17) is 5.73 Å². The number of amidine groups is 1. The minimum atomic E-state index is -0.613. The number of nitrogens with one attached hydrogen (secondary N) is 1. The number of piperidine rings is 1. The molecule has 0 radical (unpaired) electrons. The standard InChI is InChI=1S/C20H19FN4O/c1-11-4-2-5-12-15-10-20(8-9-25(15)19(26)16(11)12)23-14-7-3-6-13(21)17(14)18(22)24-20/h2-7,15,23H,8-10H2,1H3,(H2,22,24)/t15-,20+/m0/s1. The molecule has 132 valence electrons. The van der Waals surface area contributed by atoms with Gasteiger partial charge < -0.3 is 16.0 Å². The number of halogens is 1. The molecule has 0 saturated carbocycles. The summed E-state index contributed by atoms with van der Waals surface area (Å²) >= 11 is 0. The first-order chi connectivity index (χ1) is 12.5. The third kappa shape index (κ3) is 1.95. The zero-order valence-corrected chi connectivity index (χ0v) is 14.4. The number of aliphatic imine (C=N–C) groups is 1. The fourth-order valence-electron chi connectivity index (χ4n) is 4.59. The number of hydrogen-bond acceptors (Lipinski definition) is 4. The van der Waals surface area contributed by atoms with Gasteiger partial charge in [-0.15, -0.1) is 0 Å². The minimum absolute atomic E-state index is 0.0368. The number of rotatable bonds is 0. The van der Waals surface area contributed by atoms with E-state index < -0.39 is 5.66 Å². The molecule has 1 amide bonds. The molecule has 2 aromatic carbocycles. The lowest BCUT2D eigenvalue weighted by atomic mass is 9.86. The SMILES string of the molecule is Cc1cccc2c1C(=O)N1CC[C@]3(C[C@@H]21)N=C(N)c1c(F)cccc1N3. The number of carbonyl (C=O) groups excluding carboxylic acids is 1. The number of hydrogen-bond donors (Lipinski definition) is 2. The average molecular weight is 350 g/mol.